The minimum atomic E-state index is -0.237. The molecular formula is C21H21N3O2. The van der Waals surface area contributed by atoms with Crippen molar-refractivity contribution in [2.75, 3.05) is 0 Å². The Morgan fingerprint density at radius 3 is 2.31 bits per heavy atom. The first-order valence-electron chi connectivity index (χ1n) is 8.53. The molecule has 0 aliphatic heterocycles. The lowest BCUT2D eigenvalue weighted by atomic mass is 10.1. The standard InChI is InChI=1S/C21H21N3O2/c1-15(17-9-5-3-6-10-17)22-20(25)14-24-16(2)23-19(13-21(24)26)18-11-7-4-8-12-18/h3-13,15H,14H2,1-2H3,(H,22,25)/t15-/m0/s1. The van der Waals surface area contributed by atoms with Gasteiger partial charge in [-0.15, -0.1) is 0 Å². The maximum absolute atomic E-state index is 12.5. The van der Waals surface area contributed by atoms with Gasteiger partial charge in [-0.1, -0.05) is 60.7 Å². The van der Waals surface area contributed by atoms with Crippen molar-refractivity contribution < 1.29 is 4.79 Å². The first-order chi connectivity index (χ1) is 12.5. The van der Waals surface area contributed by atoms with E-state index in [-0.39, 0.29) is 24.1 Å². The summed E-state index contributed by atoms with van der Waals surface area (Å²) in [5.41, 5.74) is 2.27. The highest BCUT2D eigenvalue weighted by Crippen LogP contribution is 2.15. The van der Waals surface area contributed by atoms with E-state index in [0.29, 0.717) is 11.5 Å². The van der Waals surface area contributed by atoms with Crippen molar-refractivity contribution in [3.8, 4) is 11.3 Å². The summed E-state index contributed by atoms with van der Waals surface area (Å²) in [5.74, 6) is 0.291. The molecule has 0 aliphatic rings. The maximum Gasteiger partial charge on any atom is 0.254 e. The van der Waals surface area contributed by atoms with Gasteiger partial charge in [0.2, 0.25) is 5.91 Å². The van der Waals surface area contributed by atoms with E-state index in [9.17, 15) is 9.59 Å². The SMILES string of the molecule is Cc1nc(-c2ccccc2)cc(=O)n1CC(=O)N[C@@H](C)c1ccccc1. The van der Waals surface area contributed by atoms with Crippen LogP contribution in [0.1, 0.15) is 24.4 Å². The van der Waals surface area contributed by atoms with Crippen LogP contribution in [0.4, 0.5) is 0 Å². The van der Waals surface area contributed by atoms with Crippen molar-refractivity contribution in [3.63, 3.8) is 0 Å². The number of amides is 1. The fourth-order valence-corrected chi connectivity index (χ4v) is 2.83. The molecular weight excluding hydrogens is 326 g/mol. The summed E-state index contributed by atoms with van der Waals surface area (Å²) >= 11 is 0. The highest BCUT2D eigenvalue weighted by Gasteiger charge is 2.13. The van der Waals surface area contributed by atoms with Gasteiger partial charge in [-0.2, -0.15) is 0 Å². The van der Waals surface area contributed by atoms with Crippen molar-refractivity contribution >= 4 is 5.91 Å². The predicted octanol–water partition coefficient (Wildman–Crippen LogP) is 3.10. The van der Waals surface area contributed by atoms with Gasteiger partial charge in [0, 0.05) is 11.6 Å². The summed E-state index contributed by atoms with van der Waals surface area (Å²) < 4.78 is 1.39. The molecule has 26 heavy (non-hydrogen) atoms. The Morgan fingerprint density at radius 2 is 1.69 bits per heavy atom. The molecule has 0 saturated carbocycles. The zero-order valence-corrected chi connectivity index (χ0v) is 14.8. The number of aryl methyl sites for hydroxylation is 1. The Balaban J connectivity index is 1.76. The minimum Gasteiger partial charge on any atom is -0.348 e. The van der Waals surface area contributed by atoms with Gasteiger partial charge in [0.1, 0.15) is 12.4 Å². The molecule has 0 spiro atoms. The molecule has 1 aromatic heterocycles. The molecule has 0 unspecified atom stereocenters. The van der Waals surface area contributed by atoms with E-state index in [0.717, 1.165) is 11.1 Å². The van der Waals surface area contributed by atoms with Crippen LogP contribution in [0.3, 0.4) is 0 Å². The van der Waals surface area contributed by atoms with Gasteiger partial charge in [0.25, 0.3) is 5.56 Å². The van der Waals surface area contributed by atoms with Gasteiger partial charge in [0.05, 0.1) is 11.7 Å². The smallest absolute Gasteiger partial charge is 0.254 e. The normalized spacial score (nSPS) is 11.8. The molecule has 0 fully saturated rings. The van der Waals surface area contributed by atoms with Crippen LogP contribution in [-0.2, 0) is 11.3 Å². The predicted molar refractivity (Wildman–Crippen MR) is 102 cm³/mol. The Kier molecular flexibility index (Phi) is 5.27. The van der Waals surface area contributed by atoms with E-state index in [4.69, 9.17) is 0 Å². The summed E-state index contributed by atoms with van der Waals surface area (Å²) in [6.07, 6.45) is 0. The van der Waals surface area contributed by atoms with Crippen LogP contribution < -0.4 is 10.9 Å². The van der Waals surface area contributed by atoms with E-state index in [1.165, 1.54) is 10.6 Å². The van der Waals surface area contributed by atoms with Crippen LogP contribution in [0, 0.1) is 6.92 Å². The highest BCUT2D eigenvalue weighted by atomic mass is 16.2. The molecule has 0 radical (unpaired) electrons. The third-order valence-electron chi connectivity index (χ3n) is 4.25. The Bertz CT molecular complexity index is 950. The lowest BCUT2D eigenvalue weighted by Gasteiger charge is -2.16. The minimum absolute atomic E-state index is 0.0517. The molecule has 5 heteroatoms. The van der Waals surface area contributed by atoms with Gasteiger partial charge < -0.3 is 5.32 Å². The molecule has 3 aromatic rings. The van der Waals surface area contributed by atoms with E-state index in [1.54, 1.807) is 6.92 Å². The molecule has 1 atom stereocenters. The number of rotatable bonds is 5. The lowest BCUT2D eigenvalue weighted by Crippen LogP contribution is -2.35. The fourth-order valence-electron chi connectivity index (χ4n) is 2.83. The molecule has 1 heterocycles. The number of carbonyl (C=O) groups excluding carboxylic acids is 1. The number of hydrogen-bond donors (Lipinski definition) is 1. The summed E-state index contributed by atoms with van der Waals surface area (Å²) in [7, 11) is 0. The van der Waals surface area contributed by atoms with Crippen LogP contribution in [0.2, 0.25) is 0 Å². The second-order valence-electron chi connectivity index (χ2n) is 6.18. The lowest BCUT2D eigenvalue weighted by molar-refractivity contribution is -0.122. The second kappa shape index (κ2) is 7.78. The van der Waals surface area contributed by atoms with Gasteiger partial charge in [-0.3, -0.25) is 14.2 Å². The van der Waals surface area contributed by atoms with Crippen LogP contribution in [0.5, 0.6) is 0 Å². The van der Waals surface area contributed by atoms with Crippen LogP contribution in [0.15, 0.2) is 71.5 Å². The maximum atomic E-state index is 12.5. The first kappa shape index (κ1) is 17.6. The van der Waals surface area contributed by atoms with E-state index < -0.39 is 0 Å². The number of carbonyl (C=O) groups is 1. The molecule has 0 aliphatic carbocycles. The molecule has 5 nitrogen and oxygen atoms in total. The average molecular weight is 347 g/mol. The number of nitrogens with zero attached hydrogens (tertiary/aromatic N) is 2. The molecule has 3 rings (SSSR count). The summed E-state index contributed by atoms with van der Waals surface area (Å²) in [4.78, 5) is 29.3. The first-order valence-corrected chi connectivity index (χ1v) is 8.53. The Hall–Kier alpha value is -3.21. The van der Waals surface area contributed by atoms with Crippen molar-refractivity contribution in [2.45, 2.75) is 26.4 Å². The average Bonchev–Trinajstić information content (AvgIpc) is 2.66. The van der Waals surface area contributed by atoms with E-state index in [2.05, 4.69) is 10.3 Å². The van der Waals surface area contributed by atoms with Gasteiger partial charge >= 0.3 is 0 Å². The van der Waals surface area contributed by atoms with Crippen LogP contribution in [0.25, 0.3) is 11.3 Å². The number of hydrogen-bond acceptors (Lipinski definition) is 3. The van der Waals surface area contributed by atoms with Gasteiger partial charge in [0.15, 0.2) is 0 Å². The Morgan fingerprint density at radius 1 is 1.08 bits per heavy atom. The van der Waals surface area contributed by atoms with Crippen molar-refractivity contribution in [1.29, 1.82) is 0 Å². The van der Waals surface area contributed by atoms with Gasteiger partial charge in [-0.05, 0) is 19.4 Å². The van der Waals surface area contributed by atoms with Gasteiger partial charge in [-0.25, -0.2) is 4.98 Å². The monoisotopic (exact) mass is 347 g/mol. The largest absolute Gasteiger partial charge is 0.348 e. The van der Waals surface area contributed by atoms with E-state index >= 15 is 0 Å². The number of aromatic nitrogens is 2. The van der Waals surface area contributed by atoms with Crippen molar-refractivity contribution in [2.24, 2.45) is 0 Å². The summed E-state index contributed by atoms with van der Waals surface area (Å²) in [6.45, 7) is 3.60. The fraction of sp³-hybridized carbons (Fsp3) is 0.190. The topological polar surface area (TPSA) is 64.0 Å². The van der Waals surface area contributed by atoms with Crippen molar-refractivity contribution in [1.82, 2.24) is 14.9 Å². The van der Waals surface area contributed by atoms with E-state index in [1.807, 2.05) is 67.6 Å². The molecule has 0 saturated heterocycles. The summed E-state index contributed by atoms with van der Waals surface area (Å²) in [5, 5.41) is 2.92. The third kappa shape index (κ3) is 4.06. The zero-order valence-electron chi connectivity index (χ0n) is 14.8. The Labute approximate surface area is 152 Å². The molecule has 2 aromatic carbocycles. The molecule has 1 N–H and O–H groups in total. The van der Waals surface area contributed by atoms with Crippen molar-refractivity contribution in [3.05, 3.63) is 88.5 Å². The molecule has 132 valence electrons. The number of benzene rings is 2. The number of nitrogens with one attached hydrogen (secondary N) is 1. The molecule has 0 bridgehead atoms. The second-order valence-corrected chi connectivity index (χ2v) is 6.18. The highest BCUT2D eigenvalue weighted by molar-refractivity contribution is 5.76. The van der Waals surface area contributed by atoms with Crippen LogP contribution in [-0.4, -0.2) is 15.5 Å². The summed E-state index contributed by atoms with van der Waals surface area (Å²) in [6, 6.07) is 20.6. The molecule has 1 amide bonds. The quantitative estimate of drug-likeness (QED) is 0.771. The zero-order chi connectivity index (χ0) is 18.5. The van der Waals surface area contributed by atoms with Crippen LogP contribution >= 0.6 is 0 Å². The third-order valence-corrected chi connectivity index (χ3v) is 4.25.